The zero-order chi connectivity index (χ0) is 19.6. The quantitative estimate of drug-likeness (QED) is 0.652. The van der Waals surface area contributed by atoms with Gasteiger partial charge in [0.2, 0.25) is 0 Å². The summed E-state index contributed by atoms with van der Waals surface area (Å²) in [6, 6.07) is 8.23. The van der Waals surface area contributed by atoms with Gasteiger partial charge in [-0.3, -0.25) is 9.20 Å². The Morgan fingerprint density at radius 3 is 2.97 bits per heavy atom. The number of carbonyl (C=O) groups excluding carboxylic acids is 1. The molecule has 1 N–H and O–H groups in total. The van der Waals surface area contributed by atoms with Crippen LogP contribution in [-0.4, -0.2) is 46.4 Å². The number of thiophene rings is 1. The lowest BCUT2D eigenvalue weighted by atomic mass is 9.96. The van der Waals surface area contributed by atoms with E-state index in [-0.39, 0.29) is 5.91 Å². The first kappa shape index (κ1) is 18.9. The van der Waals surface area contributed by atoms with Gasteiger partial charge in [-0.25, -0.2) is 4.98 Å². The van der Waals surface area contributed by atoms with Crippen LogP contribution in [0.2, 0.25) is 0 Å². The smallest absolute Gasteiger partial charge is 0.258 e. The zero-order valence-corrected chi connectivity index (χ0v) is 17.8. The molecule has 0 saturated carbocycles. The van der Waals surface area contributed by atoms with Crippen LogP contribution in [0.25, 0.3) is 11.7 Å². The van der Waals surface area contributed by atoms with Crippen LogP contribution in [-0.2, 0) is 11.2 Å². The molecule has 0 spiro atoms. The van der Waals surface area contributed by atoms with Crippen molar-refractivity contribution in [3.8, 4) is 0 Å². The number of imidazole rings is 1. The fourth-order valence-corrected chi connectivity index (χ4v) is 5.77. The monoisotopic (exact) mass is 424 g/mol. The van der Waals surface area contributed by atoms with Crippen molar-refractivity contribution in [3.63, 3.8) is 0 Å². The van der Waals surface area contributed by atoms with E-state index < -0.39 is 0 Å². The van der Waals surface area contributed by atoms with Crippen molar-refractivity contribution in [2.75, 3.05) is 26.2 Å². The van der Waals surface area contributed by atoms with E-state index in [9.17, 15) is 4.79 Å². The number of hydrogen-bond acceptors (Lipinski definition) is 5. The highest BCUT2D eigenvalue weighted by Gasteiger charge is 2.23. The molecule has 0 aromatic carbocycles. The van der Waals surface area contributed by atoms with Crippen LogP contribution in [0.1, 0.15) is 24.1 Å². The summed E-state index contributed by atoms with van der Waals surface area (Å²) >= 11 is 3.29. The minimum absolute atomic E-state index is 0.0272. The third-order valence-electron chi connectivity index (χ3n) is 5.79. The molecule has 3 aromatic rings. The number of carbonyl (C=O) groups is 1. The van der Waals surface area contributed by atoms with Crippen molar-refractivity contribution in [1.29, 1.82) is 0 Å². The van der Waals surface area contributed by atoms with E-state index in [2.05, 4.69) is 36.4 Å². The molecule has 5 rings (SSSR count). The van der Waals surface area contributed by atoms with Crippen LogP contribution < -0.4 is 5.32 Å². The predicted octanol–water partition coefficient (Wildman–Crippen LogP) is 3.91. The van der Waals surface area contributed by atoms with Gasteiger partial charge in [0.05, 0.1) is 21.8 Å². The molecule has 2 aliphatic rings. The molecule has 0 radical (unpaired) electrons. The van der Waals surface area contributed by atoms with Gasteiger partial charge < -0.3 is 10.2 Å². The topological polar surface area (TPSA) is 49.6 Å². The molecule has 0 bridgehead atoms. The summed E-state index contributed by atoms with van der Waals surface area (Å²) in [6.45, 7) is 4.16. The molecule has 29 heavy (non-hydrogen) atoms. The Hall–Kier alpha value is -2.09. The zero-order valence-electron chi connectivity index (χ0n) is 16.2. The molecule has 3 aromatic heterocycles. The molecule has 0 unspecified atom stereocenters. The summed E-state index contributed by atoms with van der Waals surface area (Å²) in [4.78, 5) is 20.5. The maximum atomic E-state index is 12.8. The summed E-state index contributed by atoms with van der Waals surface area (Å²) in [5.41, 5.74) is 3.34. The minimum atomic E-state index is 0.0272. The molecule has 5 heterocycles. The highest BCUT2D eigenvalue weighted by Crippen LogP contribution is 2.34. The van der Waals surface area contributed by atoms with E-state index in [0.29, 0.717) is 5.92 Å². The van der Waals surface area contributed by atoms with Crippen LogP contribution >= 0.6 is 23.1 Å². The maximum Gasteiger partial charge on any atom is 0.258 e. The lowest BCUT2D eigenvalue weighted by Crippen LogP contribution is -2.39. The molecule has 0 aliphatic carbocycles. The Morgan fingerprint density at radius 2 is 2.14 bits per heavy atom. The van der Waals surface area contributed by atoms with Gasteiger partial charge in [-0.2, -0.15) is 11.3 Å². The second kappa shape index (κ2) is 8.34. The number of hydrogen-bond donors (Lipinski definition) is 1. The van der Waals surface area contributed by atoms with Crippen LogP contribution in [0.5, 0.6) is 0 Å². The third-order valence-corrected chi connectivity index (χ3v) is 7.58. The number of likely N-dealkylation sites (tertiary alicyclic amines) is 1. The van der Waals surface area contributed by atoms with E-state index in [1.54, 1.807) is 11.3 Å². The molecule has 1 amide bonds. The summed E-state index contributed by atoms with van der Waals surface area (Å²) in [5.74, 6) is 0.596. The molecule has 5 nitrogen and oxygen atoms in total. The van der Waals surface area contributed by atoms with Gasteiger partial charge in [0.1, 0.15) is 5.65 Å². The molecule has 7 heteroatoms. The van der Waals surface area contributed by atoms with Gasteiger partial charge in [0.15, 0.2) is 0 Å². The highest BCUT2D eigenvalue weighted by molar-refractivity contribution is 8.04. The summed E-state index contributed by atoms with van der Waals surface area (Å²) in [5, 5.41) is 8.61. The Kier molecular flexibility index (Phi) is 5.44. The second-order valence-electron chi connectivity index (χ2n) is 7.73. The van der Waals surface area contributed by atoms with Crippen molar-refractivity contribution in [2.45, 2.75) is 24.3 Å². The largest absolute Gasteiger partial charge is 0.351 e. The third kappa shape index (κ3) is 4.13. The Bertz CT molecular complexity index is 1030. The van der Waals surface area contributed by atoms with E-state index in [0.717, 1.165) is 66.7 Å². The fraction of sp³-hybridized carbons (Fsp3) is 0.364. The summed E-state index contributed by atoms with van der Waals surface area (Å²) < 4.78 is 2.09. The fourth-order valence-electron chi connectivity index (χ4n) is 4.06. The van der Waals surface area contributed by atoms with Crippen molar-refractivity contribution < 1.29 is 4.79 Å². The molecular formula is C22H24N4OS2. The number of amides is 1. The molecule has 2 aliphatic heterocycles. The van der Waals surface area contributed by atoms with E-state index in [4.69, 9.17) is 0 Å². The number of rotatable bonds is 6. The van der Waals surface area contributed by atoms with Gasteiger partial charge in [0.25, 0.3) is 5.91 Å². The lowest BCUT2D eigenvalue weighted by molar-refractivity contribution is -0.117. The highest BCUT2D eigenvalue weighted by atomic mass is 32.2. The van der Waals surface area contributed by atoms with Gasteiger partial charge >= 0.3 is 0 Å². The molecule has 0 atom stereocenters. The SMILES string of the molecule is O=C(NCC1CCN(CCc2ccsc2)CC1)C1=Cc2cnc3cccc(n23)S1. The first-order valence-electron chi connectivity index (χ1n) is 10.1. The maximum absolute atomic E-state index is 12.8. The minimum Gasteiger partial charge on any atom is -0.351 e. The predicted molar refractivity (Wildman–Crippen MR) is 119 cm³/mol. The summed E-state index contributed by atoms with van der Waals surface area (Å²) in [7, 11) is 0. The number of thioether (sulfide) groups is 1. The average Bonchev–Trinajstić information content (AvgIpc) is 3.42. The normalized spacial score (nSPS) is 17.4. The van der Waals surface area contributed by atoms with Gasteiger partial charge in [0, 0.05) is 13.1 Å². The number of nitrogens with one attached hydrogen (secondary N) is 1. The van der Waals surface area contributed by atoms with Crippen molar-refractivity contribution >= 4 is 40.7 Å². The molecule has 1 fully saturated rings. The van der Waals surface area contributed by atoms with Crippen LogP contribution in [0.4, 0.5) is 0 Å². The standard InChI is InChI=1S/C22H24N4OS2/c27-22(19-12-18-14-23-20-2-1-3-21(29-19)26(18)20)24-13-16-4-8-25(9-5-16)10-6-17-7-11-28-15-17/h1-3,7,11-12,14-16H,4-6,8-10,13H2,(H,24,27). The van der Waals surface area contributed by atoms with E-state index in [1.807, 2.05) is 30.5 Å². The number of piperidine rings is 1. The van der Waals surface area contributed by atoms with Crippen molar-refractivity contribution in [2.24, 2.45) is 5.92 Å². The lowest BCUT2D eigenvalue weighted by Gasteiger charge is -2.32. The van der Waals surface area contributed by atoms with Gasteiger partial charge in [-0.15, -0.1) is 0 Å². The molecule has 1 saturated heterocycles. The van der Waals surface area contributed by atoms with Crippen LogP contribution in [0.15, 0.2) is 51.2 Å². The average molecular weight is 425 g/mol. The number of aromatic nitrogens is 2. The van der Waals surface area contributed by atoms with Crippen molar-refractivity contribution in [3.05, 3.63) is 57.4 Å². The van der Waals surface area contributed by atoms with Crippen molar-refractivity contribution in [1.82, 2.24) is 19.6 Å². The molecular weight excluding hydrogens is 400 g/mol. The number of nitrogens with zero attached hydrogens (tertiary/aromatic N) is 3. The Morgan fingerprint density at radius 1 is 1.24 bits per heavy atom. The Balaban J connectivity index is 1.11. The van der Waals surface area contributed by atoms with Crippen LogP contribution in [0.3, 0.4) is 0 Å². The van der Waals surface area contributed by atoms with Gasteiger partial charge in [-0.05, 0) is 78.9 Å². The first-order chi connectivity index (χ1) is 14.3. The van der Waals surface area contributed by atoms with Gasteiger partial charge in [-0.1, -0.05) is 17.8 Å². The van der Waals surface area contributed by atoms with E-state index in [1.165, 1.54) is 17.3 Å². The van der Waals surface area contributed by atoms with E-state index >= 15 is 0 Å². The van der Waals surface area contributed by atoms with Crippen LogP contribution in [0, 0.1) is 5.92 Å². The molecule has 150 valence electrons. The Labute approximate surface area is 178 Å². The first-order valence-corrected chi connectivity index (χ1v) is 11.9. The summed E-state index contributed by atoms with van der Waals surface area (Å²) in [6.07, 6.45) is 7.22. The second-order valence-corrected chi connectivity index (χ2v) is 9.57. The number of pyridine rings is 1.